The van der Waals surface area contributed by atoms with Crippen LogP contribution in [0.4, 0.5) is 4.79 Å². The number of amides is 3. The number of benzene rings is 3. The fourth-order valence-corrected chi connectivity index (χ4v) is 8.46. The quantitative estimate of drug-likeness (QED) is 0.265. The number of nitrogens with one attached hydrogen (secondary N) is 1. The number of carbonyl (C=O) groups is 2. The van der Waals surface area contributed by atoms with E-state index in [0.29, 0.717) is 16.6 Å². The fourth-order valence-electron chi connectivity index (χ4n) is 7.96. The van der Waals surface area contributed by atoms with E-state index in [1.165, 1.54) is 12.0 Å². The minimum absolute atomic E-state index is 0.0720. The maximum Gasteiger partial charge on any atom is 0.318 e. The number of hydrogen-bond acceptors (Lipinski definition) is 3. The molecule has 3 aliphatic rings. The Bertz CT molecular complexity index is 1470. The van der Waals surface area contributed by atoms with Gasteiger partial charge in [0.25, 0.3) is 5.91 Å². The molecule has 3 saturated heterocycles. The Balaban J connectivity index is 1.14. The van der Waals surface area contributed by atoms with Crippen LogP contribution in [0.3, 0.4) is 0 Å². The maximum atomic E-state index is 13.6. The Hall–Kier alpha value is -3.06. The van der Waals surface area contributed by atoms with Gasteiger partial charge < -0.3 is 20.0 Å². The summed E-state index contributed by atoms with van der Waals surface area (Å²) in [4.78, 5) is 33.5. The van der Waals surface area contributed by atoms with Crippen LogP contribution >= 0.6 is 23.2 Å². The van der Waals surface area contributed by atoms with Crippen molar-refractivity contribution in [2.45, 2.75) is 68.7 Å². The summed E-state index contributed by atoms with van der Waals surface area (Å²) in [6.45, 7) is 5.84. The molecule has 0 radical (unpaired) electrons. The van der Waals surface area contributed by atoms with E-state index in [9.17, 15) is 9.59 Å². The lowest BCUT2D eigenvalue weighted by molar-refractivity contribution is 0.0616. The summed E-state index contributed by atoms with van der Waals surface area (Å²) in [7, 11) is 0. The average molecular weight is 662 g/mol. The van der Waals surface area contributed by atoms with Crippen molar-refractivity contribution in [2.24, 2.45) is 0 Å². The highest BCUT2D eigenvalue weighted by molar-refractivity contribution is 6.42. The molecule has 0 aromatic heterocycles. The first-order chi connectivity index (χ1) is 22.4. The largest absolute Gasteiger partial charge is 0.338 e. The molecular weight excluding hydrogens is 615 g/mol. The lowest BCUT2D eigenvalue weighted by Gasteiger charge is -2.45. The summed E-state index contributed by atoms with van der Waals surface area (Å²) in [5.41, 5.74) is 2.34. The Morgan fingerprint density at radius 1 is 0.717 bits per heavy atom. The van der Waals surface area contributed by atoms with Crippen molar-refractivity contribution in [1.82, 2.24) is 20.0 Å². The molecule has 3 aromatic carbocycles. The lowest BCUT2D eigenvalue weighted by Crippen LogP contribution is -2.56. The first-order valence-electron chi connectivity index (χ1n) is 17.0. The molecule has 6 rings (SSSR count). The zero-order chi connectivity index (χ0) is 32.0. The molecule has 3 amide bonds. The normalized spacial score (nSPS) is 22.0. The summed E-state index contributed by atoms with van der Waals surface area (Å²) < 4.78 is 0. The number of carbonyl (C=O) groups excluding carboxylic acids is 2. The predicted octanol–water partition coefficient (Wildman–Crippen LogP) is 8.13. The Kier molecular flexibility index (Phi) is 10.6. The van der Waals surface area contributed by atoms with E-state index in [-0.39, 0.29) is 22.9 Å². The first kappa shape index (κ1) is 32.9. The molecule has 0 saturated carbocycles. The number of piperidine rings is 3. The summed E-state index contributed by atoms with van der Waals surface area (Å²) in [6, 6.07) is 26.1. The van der Waals surface area contributed by atoms with Gasteiger partial charge in [0.1, 0.15) is 0 Å². The number of urea groups is 1. The predicted molar refractivity (Wildman–Crippen MR) is 187 cm³/mol. The van der Waals surface area contributed by atoms with E-state index >= 15 is 0 Å². The Morgan fingerprint density at radius 3 is 2.11 bits per heavy atom. The van der Waals surface area contributed by atoms with E-state index in [1.54, 1.807) is 0 Å². The maximum absolute atomic E-state index is 13.6. The molecule has 0 bridgehead atoms. The SMILES string of the molecule is O=C(NC1(c2ccccc2)CCN(CCCC2(c3cccc(Cl)c3Cl)CCCN(C(=O)c3ccccc3)C2)CC1)N1CCCCC1. The van der Waals surface area contributed by atoms with Gasteiger partial charge in [-0.25, -0.2) is 4.79 Å². The molecule has 244 valence electrons. The van der Waals surface area contributed by atoms with Gasteiger partial charge in [0.2, 0.25) is 0 Å². The number of likely N-dealkylation sites (tertiary alicyclic amines) is 3. The van der Waals surface area contributed by atoms with Crippen molar-refractivity contribution in [3.63, 3.8) is 0 Å². The number of rotatable bonds is 8. The van der Waals surface area contributed by atoms with Gasteiger partial charge in [-0.15, -0.1) is 0 Å². The monoisotopic (exact) mass is 660 g/mol. The van der Waals surface area contributed by atoms with E-state index in [2.05, 4.69) is 40.5 Å². The lowest BCUT2D eigenvalue weighted by atomic mass is 9.70. The summed E-state index contributed by atoms with van der Waals surface area (Å²) in [5.74, 6) is 0.0720. The molecule has 6 nitrogen and oxygen atoms in total. The molecule has 8 heteroatoms. The third-order valence-electron chi connectivity index (χ3n) is 10.6. The molecule has 0 aliphatic carbocycles. The van der Waals surface area contributed by atoms with E-state index in [4.69, 9.17) is 23.2 Å². The van der Waals surface area contributed by atoms with E-state index < -0.39 is 0 Å². The Morgan fingerprint density at radius 2 is 1.39 bits per heavy atom. The van der Waals surface area contributed by atoms with E-state index in [0.717, 1.165) is 102 Å². The smallest absolute Gasteiger partial charge is 0.318 e. The van der Waals surface area contributed by atoms with Gasteiger partial charge in [-0.05, 0) is 93.7 Å². The van der Waals surface area contributed by atoms with Crippen LogP contribution in [0.15, 0.2) is 78.9 Å². The average Bonchev–Trinajstić information content (AvgIpc) is 3.11. The van der Waals surface area contributed by atoms with Gasteiger partial charge in [0.05, 0.1) is 15.6 Å². The van der Waals surface area contributed by atoms with Crippen LogP contribution in [-0.4, -0.2) is 72.5 Å². The summed E-state index contributed by atoms with van der Waals surface area (Å²) >= 11 is 13.4. The highest BCUT2D eigenvalue weighted by Gasteiger charge is 2.41. The highest BCUT2D eigenvalue weighted by Crippen LogP contribution is 2.44. The van der Waals surface area contributed by atoms with Crippen LogP contribution in [-0.2, 0) is 11.0 Å². The van der Waals surface area contributed by atoms with Crippen molar-refractivity contribution in [3.8, 4) is 0 Å². The minimum Gasteiger partial charge on any atom is -0.338 e. The van der Waals surface area contributed by atoms with Crippen molar-refractivity contribution in [3.05, 3.63) is 106 Å². The molecule has 3 aliphatic heterocycles. The summed E-state index contributed by atoms with van der Waals surface area (Å²) in [6.07, 6.45) is 8.90. The molecule has 1 N–H and O–H groups in total. The molecule has 3 heterocycles. The highest BCUT2D eigenvalue weighted by atomic mass is 35.5. The third-order valence-corrected chi connectivity index (χ3v) is 11.4. The van der Waals surface area contributed by atoms with Crippen LogP contribution in [0.2, 0.25) is 10.0 Å². The second kappa shape index (κ2) is 14.8. The van der Waals surface area contributed by atoms with Crippen molar-refractivity contribution < 1.29 is 9.59 Å². The molecule has 0 spiro atoms. The van der Waals surface area contributed by atoms with Crippen LogP contribution in [0.5, 0.6) is 0 Å². The minimum atomic E-state index is -0.358. The summed E-state index contributed by atoms with van der Waals surface area (Å²) in [5, 5.41) is 4.68. The zero-order valence-electron chi connectivity index (χ0n) is 26.7. The molecule has 3 aromatic rings. The van der Waals surface area contributed by atoms with Crippen LogP contribution in [0.1, 0.15) is 79.3 Å². The third kappa shape index (κ3) is 7.25. The standard InChI is InChI=1S/C38H46Cl2N4O2/c39-33-18-10-17-32(34(33)40)37(20-12-26-44(29-37)35(45)30-13-4-1-5-14-30)19-11-23-42-27-21-38(22-28-42,31-15-6-2-7-16-31)41-36(46)43-24-8-3-9-25-43/h1-2,4-7,10,13-18H,3,8-9,11-12,19-29H2,(H,41,46). The topological polar surface area (TPSA) is 55.9 Å². The van der Waals surface area contributed by atoms with Gasteiger partial charge >= 0.3 is 6.03 Å². The molecule has 46 heavy (non-hydrogen) atoms. The van der Waals surface area contributed by atoms with Gasteiger partial charge in [0.15, 0.2) is 0 Å². The van der Waals surface area contributed by atoms with Gasteiger partial charge in [-0.2, -0.15) is 0 Å². The van der Waals surface area contributed by atoms with Crippen LogP contribution in [0, 0.1) is 0 Å². The number of hydrogen-bond donors (Lipinski definition) is 1. The van der Waals surface area contributed by atoms with Crippen molar-refractivity contribution in [1.29, 1.82) is 0 Å². The van der Waals surface area contributed by atoms with Crippen LogP contribution in [0.25, 0.3) is 0 Å². The Labute approximate surface area is 284 Å². The van der Waals surface area contributed by atoms with Crippen LogP contribution < -0.4 is 5.32 Å². The van der Waals surface area contributed by atoms with Crippen molar-refractivity contribution in [2.75, 3.05) is 45.8 Å². The molecule has 1 atom stereocenters. The molecule has 3 fully saturated rings. The van der Waals surface area contributed by atoms with Gasteiger partial charge in [-0.1, -0.05) is 83.9 Å². The van der Waals surface area contributed by atoms with E-state index in [1.807, 2.05) is 58.3 Å². The second-order valence-electron chi connectivity index (χ2n) is 13.4. The fraction of sp³-hybridized carbons (Fsp3) is 0.474. The molecular formula is C38H46Cl2N4O2. The van der Waals surface area contributed by atoms with Gasteiger partial charge in [0, 0.05) is 50.2 Å². The first-order valence-corrected chi connectivity index (χ1v) is 17.8. The zero-order valence-corrected chi connectivity index (χ0v) is 28.2. The number of halogens is 2. The molecule has 1 unspecified atom stereocenters. The second-order valence-corrected chi connectivity index (χ2v) is 14.2. The van der Waals surface area contributed by atoms with Crippen molar-refractivity contribution >= 4 is 35.1 Å². The van der Waals surface area contributed by atoms with Gasteiger partial charge in [-0.3, -0.25) is 4.79 Å². The number of nitrogens with zero attached hydrogens (tertiary/aromatic N) is 3.